The normalized spacial score (nSPS) is 15.7. The van der Waals surface area contributed by atoms with Crippen LogP contribution in [0.5, 0.6) is 0 Å². The van der Waals surface area contributed by atoms with E-state index in [1.54, 1.807) is 19.4 Å². The third-order valence-electron chi connectivity index (χ3n) is 4.23. The Labute approximate surface area is 172 Å². The van der Waals surface area contributed by atoms with Gasteiger partial charge in [0.2, 0.25) is 5.91 Å². The van der Waals surface area contributed by atoms with Gasteiger partial charge in [-0.2, -0.15) is 0 Å². The smallest absolute Gasteiger partial charge is 0.239 e. The van der Waals surface area contributed by atoms with Gasteiger partial charge in [0.1, 0.15) is 5.76 Å². The average molecular weight is 478 g/mol. The highest BCUT2D eigenvalue weighted by atomic mass is 127. The number of nitrogens with zero attached hydrogens (tertiary/aromatic N) is 1. The van der Waals surface area contributed by atoms with E-state index in [0.29, 0.717) is 31.8 Å². The number of carbonyl (C=O) groups is 1. The first kappa shape index (κ1) is 22.8. The molecule has 0 atom stereocenters. The fraction of sp³-hybridized carbons (Fsp3) is 0.667. The van der Waals surface area contributed by atoms with Crippen molar-refractivity contribution in [3.63, 3.8) is 0 Å². The van der Waals surface area contributed by atoms with Gasteiger partial charge in [-0.05, 0) is 25.0 Å². The SMILES string of the molecule is CN=C(NCCOC1CCCCCC1)NCC(=O)NCc1ccco1.I. The molecule has 1 fully saturated rings. The predicted octanol–water partition coefficient (Wildman–Crippen LogP) is 2.42. The lowest BCUT2D eigenvalue weighted by molar-refractivity contribution is -0.120. The molecule has 0 spiro atoms. The Kier molecular flexibility index (Phi) is 12.1. The maximum Gasteiger partial charge on any atom is 0.239 e. The Morgan fingerprint density at radius 3 is 2.65 bits per heavy atom. The molecular formula is C18H31IN4O3. The third kappa shape index (κ3) is 9.42. The molecule has 1 aliphatic rings. The first-order valence-electron chi connectivity index (χ1n) is 9.13. The molecule has 0 aliphatic heterocycles. The maximum absolute atomic E-state index is 11.8. The Morgan fingerprint density at radius 1 is 1.23 bits per heavy atom. The van der Waals surface area contributed by atoms with Crippen molar-refractivity contribution in [1.82, 2.24) is 16.0 Å². The minimum atomic E-state index is -0.117. The molecule has 0 saturated heterocycles. The van der Waals surface area contributed by atoms with E-state index in [1.165, 1.54) is 38.5 Å². The quantitative estimate of drug-likeness (QED) is 0.176. The van der Waals surface area contributed by atoms with E-state index in [4.69, 9.17) is 9.15 Å². The van der Waals surface area contributed by atoms with Crippen molar-refractivity contribution in [1.29, 1.82) is 0 Å². The van der Waals surface area contributed by atoms with Crippen LogP contribution in [-0.4, -0.2) is 44.7 Å². The van der Waals surface area contributed by atoms with Crippen LogP contribution in [0.25, 0.3) is 0 Å². The summed E-state index contributed by atoms with van der Waals surface area (Å²) in [6.07, 6.45) is 9.52. The van der Waals surface area contributed by atoms with E-state index in [0.717, 1.165) is 5.76 Å². The van der Waals surface area contributed by atoms with Gasteiger partial charge >= 0.3 is 0 Å². The van der Waals surface area contributed by atoms with Crippen LogP contribution in [0.15, 0.2) is 27.8 Å². The van der Waals surface area contributed by atoms with E-state index in [1.807, 2.05) is 6.07 Å². The van der Waals surface area contributed by atoms with Gasteiger partial charge in [-0.3, -0.25) is 9.79 Å². The van der Waals surface area contributed by atoms with Crippen LogP contribution in [0.4, 0.5) is 0 Å². The van der Waals surface area contributed by atoms with Crippen molar-refractivity contribution < 1.29 is 13.9 Å². The summed E-state index contributed by atoms with van der Waals surface area (Å²) in [7, 11) is 1.68. The van der Waals surface area contributed by atoms with Gasteiger partial charge < -0.3 is 25.1 Å². The molecule has 2 rings (SSSR count). The average Bonchev–Trinajstić information content (AvgIpc) is 3.02. The van der Waals surface area contributed by atoms with Gasteiger partial charge in [0.15, 0.2) is 5.96 Å². The maximum atomic E-state index is 11.8. The minimum Gasteiger partial charge on any atom is -0.467 e. The Bertz CT molecular complexity index is 515. The fourth-order valence-electron chi connectivity index (χ4n) is 2.85. The summed E-state index contributed by atoms with van der Waals surface area (Å²) in [5.74, 6) is 1.21. The summed E-state index contributed by atoms with van der Waals surface area (Å²) in [5, 5.41) is 8.93. The summed E-state index contributed by atoms with van der Waals surface area (Å²) in [6, 6.07) is 3.62. The zero-order valence-electron chi connectivity index (χ0n) is 15.5. The summed E-state index contributed by atoms with van der Waals surface area (Å²) in [4.78, 5) is 15.9. The predicted molar refractivity (Wildman–Crippen MR) is 113 cm³/mol. The van der Waals surface area contributed by atoms with Gasteiger partial charge in [0.25, 0.3) is 0 Å². The molecule has 1 aliphatic carbocycles. The summed E-state index contributed by atoms with van der Waals surface area (Å²) in [6.45, 7) is 1.86. The first-order chi connectivity index (χ1) is 12.3. The molecule has 1 aromatic heterocycles. The number of ether oxygens (including phenoxy) is 1. The van der Waals surface area contributed by atoms with Crippen LogP contribution in [0.2, 0.25) is 0 Å². The number of furan rings is 1. The monoisotopic (exact) mass is 478 g/mol. The number of guanidine groups is 1. The highest BCUT2D eigenvalue weighted by molar-refractivity contribution is 14.0. The lowest BCUT2D eigenvalue weighted by Gasteiger charge is -2.16. The number of carbonyl (C=O) groups excluding carboxylic acids is 1. The zero-order chi connectivity index (χ0) is 17.7. The molecule has 8 heteroatoms. The third-order valence-corrected chi connectivity index (χ3v) is 4.23. The summed E-state index contributed by atoms with van der Waals surface area (Å²) < 4.78 is 11.1. The molecule has 3 N–H and O–H groups in total. The molecule has 1 saturated carbocycles. The van der Waals surface area contributed by atoms with E-state index in [2.05, 4.69) is 20.9 Å². The highest BCUT2D eigenvalue weighted by Gasteiger charge is 2.12. The summed E-state index contributed by atoms with van der Waals surface area (Å²) in [5.41, 5.74) is 0. The van der Waals surface area contributed by atoms with Crippen molar-refractivity contribution in [3.05, 3.63) is 24.2 Å². The molecule has 0 unspecified atom stereocenters. The number of hydrogen-bond donors (Lipinski definition) is 3. The zero-order valence-corrected chi connectivity index (χ0v) is 17.8. The van der Waals surface area contributed by atoms with Crippen LogP contribution in [0, 0.1) is 0 Å². The Balaban J connectivity index is 0.00000338. The van der Waals surface area contributed by atoms with E-state index < -0.39 is 0 Å². The molecule has 1 heterocycles. The topological polar surface area (TPSA) is 87.9 Å². The molecule has 148 valence electrons. The Hall–Kier alpha value is -1.29. The fourth-order valence-corrected chi connectivity index (χ4v) is 2.85. The standard InChI is InChI=1S/C18H30N4O3.HI/c1-19-18(20-10-12-25-15-7-4-2-3-5-8-15)22-14-17(23)21-13-16-9-6-11-24-16;/h6,9,11,15H,2-5,7-8,10,12-14H2,1H3,(H,21,23)(H2,19,20,22);1H. The van der Waals surface area contributed by atoms with Crippen LogP contribution < -0.4 is 16.0 Å². The largest absolute Gasteiger partial charge is 0.467 e. The number of nitrogens with one attached hydrogen (secondary N) is 3. The number of aliphatic imine (C=N–C) groups is 1. The van der Waals surface area contributed by atoms with E-state index >= 15 is 0 Å². The van der Waals surface area contributed by atoms with Gasteiger partial charge in [-0.15, -0.1) is 24.0 Å². The molecule has 0 aromatic carbocycles. The molecular weight excluding hydrogens is 447 g/mol. The second kappa shape index (κ2) is 13.9. The second-order valence-corrected chi connectivity index (χ2v) is 6.19. The van der Waals surface area contributed by atoms with Crippen molar-refractivity contribution >= 4 is 35.8 Å². The molecule has 26 heavy (non-hydrogen) atoms. The van der Waals surface area contributed by atoms with Gasteiger partial charge in [-0.25, -0.2) is 0 Å². The lowest BCUT2D eigenvalue weighted by Crippen LogP contribution is -2.44. The number of hydrogen-bond acceptors (Lipinski definition) is 4. The lowest BCUT2D eigenvalue weighted by atomic mass is 10.1. The van der Waals surface area contributed by atoms with Crippen LogP contribution >= 0.6 is 24.0 Å². The first-order valence-corrected chi connectivity index (χ1v) is 9.13. The minimum absolute atomic E-state index is 0. The number of rotatable bonds is 8. The highest BCUT2D eigenvalue weighted by Crippen LogP contribution is 2.19. The van der Waals surface area contributed by atoms with E-state index in [-0.39, 0.29) is 36.4 Å². The van der Waals surface area contributed by atoms with Crippen molar-refractivity contribution in [3.8, 4) is 0 Å². The van der Waals surface area contributed by atoms with Crippen LogP contribution in [0.1, 0.15) is 44.3 Å². The second-order valence-electron chi connectivity index (χ2n) is 6.19. The van der Waals surface area contributed by atoms with E-state index in [9.17, 15) is 4.79 Å². The van der Waals surface area contributed by atoms with Crippen LogP contribution in [0.3, 0.4) is 0 Å². The van der Waals surface area contributed by atoms with Crippen LogP contribution in [-0.2, 0) is 16.1 Å². The number of amides is 1. The molecule has 1 aromatic rings. The molecule has 0 radical (unpaired) electrons. The molecule has 1 amide bonds. The summed E-state index contributed by atoms with van der Waals surface area (Å²) >= 11 is 0. The molecule has 0 bridgehead atoms. The van der Waals surface area contributed by atoms with Gasteiger partial charge in [0.05, 0.1) is 32.1 Å². The molecule has 7 nitrogen and oxygen atoms in total. The number of halogens is 1. The van der Waals surface area contributed by atoms with Gasteiger partial charge in [-0.1, -0.05) is 25.7 Å². The van der Waals surface area contributed by atoms with Crippen molar-refractivity contribution in [2.45, 2.75) is 51.2 Å². The Morgan fingerprint density at radius 2 is 2.00 bits per heavy atom. The van der Waals surface area contributed by atoms with Crippen molar-refractivity contribution in [2.75, 3.05) is 26.7 Å². The van der Waals surface area contributed by atoms with Gasteiger partial charge in [0, 0.05) is 13.6 Å². The van der Waals surface area contributed by atoms with Crippen molar-refractivity contribution in [2.24, 2.45) is 4.99 Å².